The van der Waals surface area contributed by atoms with Gasteiger partial charge < -0.3 is 15.2 Å². The minimum absolute atomic E-state index is 0.0506. The molecule has 0 fully saturated rings. The molecule has 0 amide bonds. The van der Waals surface area contributed by atoms with Crippen molar-refractivity contribution in [3.8, 4) is 11.5 Å². The van der Waals surface area contributed by atoms with Gasteiger partial charge in [-0.3, -0.25) is 4.79 Å². The van der Waals surface area contributed by atoms with Crippen molar-refractivity contribution >= 4 is 11.5 Å². The van der Waals surface area contributed by atoms with Gasteiger partial charge in [-0.1, -0.05) is 12.1 Å². The van der Waals surface area contributed by atoms with E-state index in [0.717, 1.165) is 5.56 Å². The Morgan fingerprint density at radius 2 is 1.71 bits per heavy atom. The lowest BCUT2D eigenvalue weighted by Gasteiger charge is -2.08. The second-order valence-electron chi connectivity index (χ2n) is 4.77. The molecule has 0 unspecified atom stereocenters. The minimum Gasteiger partial charge on any atom is -0.497 e. The molecule has 2 aromatic rings. The van der Waals surface area contributed by atoms with Crippen LogP contribution in [0.3, 0.4) is 0 Å². The molecule has 4 nitrogen and oxygen atoms in total. The summed E-state index contributed by atoms with van der Waals surface area (Å²) < 4.78 is 10.4. The molecule has 0 aliphatic carbocycles. The van der Waals surface area contributed by atoms with Crippen LogP contribution in [0.25, 0.3) is 0 Å². The highest BCUT2D eigenvalue weighted by Gasteiger charge is 2.10. The third-order valence-electron chi connectivity index (χ3n) is 3.27. The van der Waals surface area contributed by atoms with Crippen molar-refractivity contribution in [2.24, 2.45) is 0 Å². The van der Waals surface area contributed by atoms with E-state index in [1.165, 1.54) is 0 Å². The number of nitrogen functional groups attached to an aromatic ring is 1. The van der Waals surface area contributed by atoms with Gasteiger partial charge in [0.05, 0.1) is 14.2 Å². The molecule has 0 aliphatic rings. The van der Waals surface area contributed by atoms with E-state index in [0.29, 0.717) is 35.6 Å². The molecule has 0 spiro atoms. The summed E-state index contributed by atoms with van der Waals surface area (Å²) in [4.78, 5) is 12.3. The zero-order chi connectivity index (χ0) is 15.2. The number of carbonyl (C=O) groups is 1. The lowest BCUT2D eigenvalue weighted by atomic mass is 10.0. The van der Waals surface area contributed by atoms with Gasteiger partial charge in [0.25, 0.3) is 0 Å². The van der Waals surface area contributed by atoms with Crippen LogP contribution in [0.15, 0.2) is 42.5 Å². The van der Waals surface area contributed by atoms with E-state index in [1.807, 2.05) is 24.3 Å². The predicted octanol–water partition coefficient (Wildman–Crippen LogP) is 3.10. The maximum Gasteiger partial charge on any atom is 0.163 e. The fraction of sp³-hybridized carbons (Fsp3) is 0.235. The number of carbonyl (C=O) groups excluding carboxylic acids is 1. The molecule has 0 atom stereocenters. The normalized spacial score (nSPS) is 10.2. The molecule has 0 bridgehead atoms. The van der Waals surface area contributed by atoms with E-state index < -0.39 is 0 Å². The Morgan fingerprint density at radius 1 is 1.05 bits per heavy atom. The standard InChI is InChI=1S/C17H19NO3/c1-20-15-9-13(10-16(11-15)21-2)17(19)7-6-12-4-3-5-14(18)8-12/h3-5,8-11H,6-7,18H2,1-2H3. The van der Waals surface area contributed by atoms with Crippen LogP contribution in [-0.2, 0) is 6.42 Å². The first-order valence-electron chi connectivity index (χ1n) is 6.73. The second kappa shape index (κ2) is 6.79. The first-order valence-corrected chi connectivity index (χ1v) is 6.73. The third-order valence-corrected chi connectivity index (χ3v) is 3.27. The highest BCUT2D eigenvalue weighted by atomic mass is 16.5. The zero-order valence-electron chi connectivity index (χ0n) is 12.3. The molecule has 0 aliphatic heterocycles. The Labute approximate surface area is 124 Å². The molecule has 0 heterocycles. The Hall–Kier alpha value is -2.49. The van der Waals surface area contributed by atoms with Crippen molar-refractivity contribution < 1.29 is 14.3 Å². The van der Waals surface area contributed by atoms with E-state index in [9.17, 15) is 4.79 Å². The van der Waals surface area contributed by atoms with Gasteiger partial charge in [-0.25, -0.2) is 0 Å². The molecule has 110 valence electrons. The number of benzene rings is 2. The Kier molecular flexibility index (Phi) is 4.82. The van der Waals surface area contributed by atoms with Crippen LogP contribution >= 0.6 is 0 Å². The van der Waals surface area contributed by atoms with Gasteiger partial charge in [0.2, 0.25) is 0 Å². The van der Waals surface area contributed by atoms with Gasteiger partial charge in [0.15, 0.2) is 5.78 Å². The summed E-state index contributed by atoms with van der Waals surface area (Å²) in [6.45, 7) is 0. The van der Waals surface area contributed by atoms with Crippen LogP contribution in [0.1, 0.15) is 22.3 Å². The van der Waals surface area contributed by atoms with Crippen molar-refractivity contribution in [1.29, 1.82) is 0 Å². The molecule has 0 aromatic heterocycles. The minimum atomic E-state index is 0.0506. The number of nitrogens with two attached hydrogens (primary N) is 1. The summed E-state index contributed by atoms with van der Waals surface area (Å²) in [7, 11) is 3.13. The number of hydrogen-bond acceptors (Lipinski definition) is 4. The van der Waals surface area contributed by atoms with Crippen molar-refractivity contribution in [1.82, 2.24) is 0 Å². The number of aryl methyl sites for hydroxylation is 1. The maximum atomic E-state index is 12.3. The van der Waals surface area contributed by atoms with Crippen LogP contribution in [0.2, 0.25) is 0 Å². The summed E-state index contributed by atoms with van der Waals surface area (Å²) in [5, 5.41) is 0. The summed E-state index contributed by atoms with van der Waals surface area (Å²) in [6.07, 6.45) is 1.07. The molecular formula is C17H19NO3. The van der Waals surface area contributed by atoms with E-state index in [2.05, 4.69) is 0 Å². The third kappa shape index (κ3) is 3.99. The van der Waals surface area contributed by atoms with E-state index in [4.69, 9.17) is 15.2 Å². The van der Waals surface area contributed by atoms with Crippen LogP contribution in [0.5, 0.6) is 11.5 Å². The largest absolute Gasteiger partial charge is 0.497 e. The smallest absolute Gasteiger partial charge is 0.163 e. The Morgan fingerprint density at radius 3 is 2.29 bits per heavy atom. The highest BCUT2D eigenvalue weighted by Crippen LogP contribution is 2.23. The summed E-state index contributed by atoms with van der Waals surface area (Å²) >= 11 is 0. The van der Waals surface area contributed by atoms with Crippen molar-refractivity contribution in [2.75, 3.05) is 20.0 Å². The molecule has 2 N–H and O–H groups in total. The van der Waals surface area contributed by atoms with Crippen LogP contribution in [0, 0.1) is 0 Å². The fourth-order valence-electron chi connectivity index (χ4n) is 2.12. The second-order valence-corrected chi connectivity index (χ2v) is 4.77. The number of anilines is 1. The Balaban J connectivity index is 2.09. The molecular weight excluding hydrogens is 266 g/mol. The fourth-order valence-corrected chi connectivity index (χ4v) is 2.12. The topological polar surface area (TPSA) is 61.5 Å². The predicted molar refractivity (Wildman–Crippen MR) is 83.1 cm³/mol. The molecule has 4 heteroatoms. The first-order chi connectivity index (χ1) is 10.1. The Bertz CT molecular complexity index is 615. The van der Waals surface area contributed by atoms with Gasteiger partial charge in [0, 0.05) is 23.7 Å². The lowest BCUT2D eigenvalue weighted by molar-refractivity contribution is 0.0982. The number of ketones is 1. The maximum absolute atomic E-state index is 12.3. The van der Waals surface area contributed by atoms with Gasteiger partial charge in [0.1, 0.15) is 11.5 Å². The van der Waals surface area contributed by atoms with Crippen molar-refractivity contribution in [3.63, 3.8) is 0 Å². The molecule has 2 rings (SSSR count). The number of rotatable bonds is 6. The molecule has 21 heavy (non-hydrogen) atoms. The van der Waals surface area contributed by atoms with Crippen LogP contribution in [0.4, 0.5) is 5.69 Å². The van der Waals surface area contributed by atoms with Gasteiger partial charge >= 0.3 is 0 Å². The van der Waals surface area contributed by atoms with E-state index in [-0.39, 0.29) is 5.78 Å². The SMILES string of the molecule is COc1cc(OC)cc(C(=O)CCc2cccc(N)c2)c1. The average Bonchev–Trinajstić information content (AvgIpc) is 2.52. The number of methoxy groups -OCH3 is 2. The van der Waals surface area contributed by atoms with Gasteiger partial charge in [-0.15, -0.1) is 0 Å². The van der Waals surface area contributed by atoms with Crippen LogP contribution < -0.4 is 15.2 Å². The number of Topliss-reactive ketones (excluding diaryl/α,β-unsaturated/α-hetero) is 1. The van der Waals surface area contributed by atoms with Gasteiger partial charge in [-0.2, -0.15) is 0 Å². The molecule has 2 aromatic carbocycles. The highest BCUT2D eigenvalue weighted by molar-refractivity contribution is 5.97. The molecule has 0 radical (unpaired) electrons. The number of hydrogen-bond donors (Lipinski definition) is 1. The van der Waals surface area contributed by atoms with E-state index >= 15 is 0 Å². The summed E-state index contributed by atoms with van der Waals surface area (Å²) in [6, 6.07) is 12.8. The summed E-state index contributed by atoms with van der Waals surface area (Å²) in [5.41, 5.74) is 8.09. The molecule has 0 saturated carbocycles. The summed E-state index contributed by atoms with van der Waals surface area (Å²) in [5.74, 6) is 1.28. The first kappa shape index (κ1) is 14.9. The lowest BCUT2D eigenvalue weighted by Crippen LogP contribution is -2.03. The zero-order valence-corrected chi connectivity index (χ0v) is 12.3. The average molecular weight is 285 g/mol. The number of ether oxygens (including phenoxy) is 2. The molecule has 0 saturated heterocycles. The van der Waals surface area contributed by atoms with Crippen LogP contribution in [-0.4, -0.2) is 20.0 Å². The quantitative estimate of drug-likeness (QED) is 0.654. The van der Waals surface area contributed by atoms with Gasteiger partial charge in [-0.05, 0) is 36.2 Å². The van der Waals surface area contributed by atoms with Crippen molar-refractivity contribution in [3.05, 3.63) is 53.6 Å². The van der Waals surface area contributed by atoms with Crippen molar-refractivity contribution in [2.45, 2.75) is 12.8 Å². The monoisotopic (exact) mass is 285 g/mol. The van der Waals surface area contributed by atoms with E-state index in [1.54, 1.807) is 32.4 Å².